The standard InChI is InChI=1S/C40H24Cl2N6O3/c41-23-15-17-29-27(19-23)32(33(43-29)22-11-5-2-6-12-22)36-31(21-9-3-1-4-10-21)38(50)48(36)40-46-45-39(51-40)47-35-28-20-24(42)16-18-30(28)44-34(35)25-13-7-8-14-26(25)37(47)49/h1-20,31,36,43-44H. The van der Waals surface area contributed by atoms with Crippen molar-refractivity contribution < 1.29 is 9.21 Å². The third-order valence-electron chi connectivity index (χ3n) is 9.80. The molecule has 0 aliphatic carbocycles. The second-order valence-electron chi connectivity index (χ2n) is 12.6. The van der Waals surface area contributed by atoms with Gasteiger partial charge in [-0.15, -0.1) is 0 Å². The van der Waals surface area contributed by atoms with Gasteiger partial charge in [0.1, 0.15) is 0 Å². The highest BCUT2D eigenvalue weighted by atomic mass is 35.5. The number of amides is 1. The quantitative estimate of drug-likeness (QED) is 0.173. The molecule has 2 N–H and O–H groups in total. The number of halogens is 2. The molecule has 1 aliphatic rings. The van der Waals surface area contributed by atoms with Gasteiger partial charge in [0.2, 0.25) is 5.91 Å². The molecule has 2 unspecified atom stereocenters. The molecule has 9 nitrogen and oxygen atoms in total. The smallest absolute Gasteiger partial charge is 0.331 e. The van der Waals surface area contributed by atoms with Crippen molar-refractivity contribution in [2.24, 2.45) is 0 Å². The van der Waals surface area contributed by atoms with Crippen molar-refractivity contribution in [3.05, 3.63) is 153 Å². The van der Waals surface area contributed by atoms with Gasteiger partial charge in [-0.05, 0) is 53.6 Å². The van der Waals surface area contributed by atoms with Gasteiger partial charge < -0.3 is 14.4 Å². The summed E-state index contributed by atoms with van der Waals surface area (Å²) in [6, 6.07) is 37.4. The fraction of sp³-hybridized carbons (Fsp3) is 0.0500. The van der Waals surface area contributed by atoms with Crippen molar-refractivity contribution in [3.63, 3.8) is 0 Å². The van der Waals surface area contributed by atoms with E-state index in [0.717, 1.165) is 44.2 Å². The fourth-order valence-electron chi connectivity index (χ4n) is 7.57. The first kappa shape index (κ1) is 29.7. The minimum Gasteiger partial charge on any atom is -0.388 e. The summed E-state index contributed by atoms with van der Waals surface area (Å²) >= 11 is 13.0. The van der Waals surface area contributed by atoms with Crippen LogP contribution in [-0.2, 0) is 4.79 Å². The van der Waals surface area contributed by atoms with Crippen LogP contribution in [0.5, 0.6) is 0 Å². The summed E-state index contributed by atoms with van der Waals surface area (Å²) in [5, 5.41) is 12.7. The van der Waals surface area contributed by atoms with Crippen molar-refractivity contribution in [3.8, 4) is 17.3 Å². The summed E-state index contributed by atoms with van der Waals surface area (Å²) < 4.78 is 7.79. The number of H-pyrrole nitrogens is 2. The topological polar surface area (TPSA) is 113 Å². The molecule has 51 heavy (non-hydrogen) atoms. The van der Waals surface area contributed by atoms with E-state index < -0.39 is 12.0 Å². The van der Waals surface area contributed by atoms with E-state index in [1.807, 2.05) is 103 Å². The SMILES string of the molecule is O=C1C(c2ccccc2)C(c2c(-c3ccccc3)[nH]c3ccc(Cl)cc23)N1c1nnc(-n2c(=O)c3ccccc3c3[nH]c4ccc(Cl)cc4c32)o1. The fourth-order valence-corrected chi connectivity index (χ4v) is 7.92. The summed E-state index contributed by atoms with van der Waals surface area (Å²) in [7, 11) is 0. The minimum absolute atomic E-state index is 0.0337. The number of hydrogen-bond acceptors (Lipinski definition) is 5. The van der Waals surface area contributed by atoms with Gasteiger partial charge >= 0.3 is 12.0 Å². The molecule has 10 rings (SSSR count). The Morgan fingerprint density at radius 3 is 2.02 bits per heavy atom. The number of pyridine rings is 1. The van der Waals surface area contributed by atoms with Gasteiger partial charge in [0.05, 0.1) is 28.7 Å². The first-order chi connectivity index (χ1) is 25.0. The van der Waals surface area contributed by atoms with Gasteiger partial charge in [0.15, 0.2) is 0 Å². The monoisotopic (exact) mass is 706 g/mol. The Morgan fingerprint density at radius 1 is 0.647 bits per heavy atom. The van der Waals surface area contributed by atoms with E-state index in [1.54, 1.807) is 18.2 Å². The van der Waals surface area contributed by atoms with Gasteiger partial charge in [-0.2, -0.15) is 0 Å². The minimum atomic E-state index is -0.562. The summed E-state index contributed by atoms with van der Waals surface area (Å²) in [4.78, 5) is 37.2. The van der Waals surface area contributed by atoms with E-state index >= 15 is 0 Å². The van der Waals surface area contributed by atoms with Crippen LogP contribution in [0.15, 0.2) is 131 Å². The van der Waals surface area contributed by atoms with Crippen LogP contribution in [0, 0.1) is 0 Å². The number of anilines is 1. The Kier molecular flexibility index (Phi) is 6.52. The van der Waals surface area contributed by atoms with Crippen LogP contribution in [0.25, 0.3) is 60.9 Å². The van der Waals surface area contributed by atoms with Gasteiger partial charge in [-0.1, -0.05) is 112 Å². The molecule has 1 aliphatic heterocycles. The van der Waals surface area contributed by atoms with Crippen LogP contribution < -0.4 is 10.5 Å². The number of benzene rings is 5. The maximum atomic E-state index is 14.4. The number of nitrogens with one attached hydrogen (secondary N) is 2. The first-order valence-corrected chi connectivity index (χ1v) is 17.0. The van der Waals surface area contributed by atoms with Gasteiger partial charge in [0, 0.05) is 48.2 Å². The highest BCUT2D eigenvalue weighted by Crippen LogP contribution is 2.53. The lowest BCUT2D eigenvalue weighted by atomic mass is 9.76. The number of carbonyl (C=O) groups excluding carboxylic acids is 1. The predicted octanol–water partition coefficient (Wildman–Crippen LogP) is 9.33. The molecule has 0 radical (unpaired) electrons. The largest absolute Gasteiger partial charge is 0.388 e. The van der Waals surface area contributed by atoms with Crippen molar-refractivity contribution in [1.82, 2.24) is 24.7 Å². The number of rotatable bonds is 5. The van der Waals surface area contributed by atoms with Gasteiger partial charge in [-0.25, -0.2) is 4.57 Å². The molecule has 1 amide bonds. The van der Waals surface area contributed by atoms with Crippen LogP contribution in [0.3, 0.4) is 0 Å². The van der Waals surface area contributed by atoms with Gasteiger partial charge in [-0.3, -0.25) is 14.5 Å². The molecular weight excluding hydrogens is 683 g/mol. The maximum Gasteiger partial charge on any atom is 0.331 e. The number of fused-ring (bicyclic) bond motifs is 6. The lowest BCUT2D eigenvalue weighted by Gasteiger charge is -2.45. The van der Waals surface area contributed by atoms with Crippen LogP contribution in [0.4, 0.5) is 6.01 Å². The van der Waals surface area contributed by atoms with E-state index in [9.17, 15) is 9.59 Å². The summed E-state index contributed by atoms with van der Waals surface area (Å²) in [6.07, 6.45) is 0. The van der Waals surface area contributed by atoms with Crippen molar-refractivity contribution in [2.45, 2.75) is 12.0 Å². The molecule has 5 heterocycles. The summed E-state index contributed by atoms with van der Waals surface area (Å²) in [6.45, 7) is 0. The summed E-state index contributed by atoms with van der Waals surface area (Å²) in [5.41, 5.74) is 6.07. The number of carbonyl (C=O) groups is 1. The number of aromatic amines is 2. The lowest BCUT2D eigenvalue weighted by molar-refractivity contribution is -0.126. The average Bonchev–Trinajstić information content (AvgIpc) is 3.88. The predicted molar refractivity (Wildman–Crippen MR) is 200 cm³/mol. The lowest BCUT2D eigenvalue weighted by Crippen LogP contribution is -2.54. The molecule has 0 bridgehead atoms. The zero-order valence-electron chi connectivity index (χ0n) is 26.5. The molecule has 9 aromatic rings. The third-order valence-corrected chi connectivity index (χ3v) is 10.3. The Hall–Kier alpha value is -6.16. The zero-order chi connectivity index (χ0) is 34.4. The Balaban J connectivity index is 1.20. The number of nitrogens with zero attached hydrogens (tertiary/aromatic N) is 4. The van der Waals surface area contributed by atoms with Crippen LogP contribution >= 0.6 is 23.2 Å². The number of aromatic nitrogens is 5. The molecule has 5 aromatic carbocycles. The second kappa shape index (κ2) is 11.2. The first-order valence-electron chi connectivity index (χ1n) is 16.3. The van der Waals surface area contributed by atoms with Crippen LogP contribution in [0.1, 0.15) is 23.1 Å². The Labute approximate surface area is 298 Å². The molecule has 246 valence electrons. The molecule has 1 saturated heterocycles. The molecular formula is C40H24Cl2N6O3. The Bertz CT molecular complexity index is 2910. The zero-order valence-corrected chi connectivity index (χ0v) is 28.0. The summed E-state index contributed by atoms with van der Waals surface area (Å²) in [5.74, 6) is -0.778. The van der Waals surface area contributed by atoms with Crippen molar-refractivity contribution >= 4 is 78.7 Å². The van der Waals surface area contributed by atoms with Crippen molar-refractivity contribution in [2.75, 3.05) is 4.90 Å². The Morgan fingerprint density at radius 2 is 1.27 bits per heavy atom. The van der Waals surface area contributed by atoms with Gasteiger partial charge in [0.25, 0.3) is 5.56 Å². The van der Waals surface area contributed by atoms with E-state index in [4.69, 9.17) is 27.6 Å². The van der Waals surface area contributed by atoms with Crippen LogP contribution in [-0.4, -0.2) is 30.6 Å². The highest BCUT2D eigenvalue weighted by Gasteiger charge is 2.53. The van der Waals surface area contributed by atoms with E-state index in [0.29, 0.717) is 31.9 Å². The third kappa shape index (κ3) is 4.42. The van der Waals surface area contributed by atoms with E-state index in [1.165, 1.54) is 9.47 Å². The molecule has 0 saturated carbocycles. The van der Waals surface area contributed by atoms with Crippen molar-refractivity contribution in [1.29, 1.82) is 0 Å². The molecule has 11 heteroatoms. The average molecular weight is 708 g/mol. The second-order valence-corrected chi connectivity index (χ2v) is 13.5. The highest BCUT2D eigenvalue weighted by molar-refractivity contribution is 6.32. The number of hydrogen-bond donors (Lipinski definition) is 2. The molecule has 4 aromatic heterocycles. The normalized spacial score (nSPS) is 16.1. The maximum absolute atomic E-state index is 14.4. The molecule has 2 atom stereocenters. The molecule has 0 spiro atoms. The van der Waals surface area contributed by atoms with E-state index in [2.05, 4.69) is 20.2 Å². The number of β-lactam (4-membered cyclic amide) rings is 1. The van der Waals surface area contributed by atoms with E-state index in [-0.39, 0.29) is 23.5 Å². The molecule has 1 fully saturated rings. The van der Waals surface area contributed by atoms with Crippen LogP contribution in [0.2, 0.25) is 10.0 Å².